The first-order chi connectivity index (χ1) is 15.0. The van der Waals surface area contributed by atoms with Crippen molar-refractivity contribution in [3.8, 4) is 0 Å². The average molecular weight is 486 g/mol. The number of hydrogen-bond donors (Lipinski definition) is 2. The van der Waals surface area contributed by atoms with Gasteiger partial charge in [0.05, 0.1) is 27.6 Å². The van der Waals surface area contributed by atoms with Crippen LogP contribution in [-0.4, -0.2) is 30.1 Å². The van der Waals surface area contributed by atoms with Gasteiger partial charge in [-0.25, -0.2) is 31.0 Å². The smallest absolute Gasteiger partial charge is 0.271 e. The van der Waals surface area contributed by atoms with Crippen LogP contribution in [0.1, 0.15) is 22.3 Å². The third kappa shape index (κ3) is 4.00. The number of ketones is 1. The Morgan fingerprint density at radius 2 is 2.00 bits per heavy atom. The lowest BCUT2D eigenvalue weighted by Gasteiger charge is -2.19. The minimum atomic E-state index is -4.61. The number of aromatic nitrogens is 2. The Labute approximate surface area is 183 Å². The topological polar surface area (TPSA) is 91.9 Å². The van der Waals surface area contributed by atoms with Crippen LogP contribution in [0, 0.1) is 11.6 Å². The maximum Gasteiger partial charge on any atom is 0.271 e. The molecule has 0 unspecified atom stereocenters. The third-order valence-electron chi connectivity index (χ3n) is 4.68. The molecule has 12 heteroatoms. The number of pyridine rings is 1. The maximum atomic E-state index is 15.1. The lowest BCUT2D eigenvalue weighted by atomic mass is 10.0. The lowest BCUT2D eigenvalue weighted by Crippen LogP contribution is -2.24. The van der Waals surface area contributed by atoms with E-state index in [1.165, 1.54) is 18.5 Å². The van der Waals surface area contributed by atoms with E-state index in [9.17, 15) is 26.4 Å². The summed E-state index contributed by atoms with van der Waals surface area (Å²) in [5.74, 6) is -7.23. The van der Waals surface area contributed by atoms with Crippen LogP contribution in [0.25, 0.3) is 11.0 Å². The molecule has 1 aliphatic rings. The van der Waals surface area contributed by atoms with Gasteiger partial charge in [0.15, 0.2) is 5.82 Å². The maximum absolute atomic E-state index is 15.1. The predicted molar refractivity (Wildman–Crippen MR) is 110 cm³/mol. The highest BCUT2D eigenvalue weighted by Crippen LogP contribution is 2.33. The van der Waals surface area contributed by atoms with Gasteiger partial charge in [0, 0.05) is 23.3 Å². The van der Waals surface area contributed by atoms with Crippen molar-refractivity contribution >= 4 is 44.1 Å². The third-order valence-corrected chi connectivity index (χ3v) is 6.35. The molecule has 0 bridgehead atoms. The van der Waals surface area contributed by atoms with Crippen LogP contribution in [0.3, 0.4) is 0 Å². The number of benzene rings is 1. The van der Waals surface area contributed by atoms with E-state index >= 15 is 4.39 Å². The van der Waals surface area contributed by atoms with Gasteiger partial charge in [-0.15, -0.1) is 0 Å². The Morgan fingerprint density at radius 3 is 2.72 bits per heavy atom. The summed E-state index contributed by atoms with van der Waals surface area (Å²) in [7, 11) is -4.61. The zero-order valence-corrected chi connectivity index (χ0v) is 17.4. The standard InChI is InChI=1S/C20H12ClF4N3O3S/c21-10-6-12-13(9-27-19(12)26-8-10)18(29)16-14(22)3-4-15(17(16)23)28-32(30,31)11-2-1-5-20(24,25)7-11/h1-6,8-9,28H,7H2,(H,26,27). The number of nitrogens with one attached hydrogen (secondary N) is 2. The fraction of sp³-hybridized carbons (Fsp3) is 0.100. The second kappa shape index (κ2) is 7.75. The Hall–Kier alpha value is -3.18. The molecule has 0 atom stereocenters. The van der Waals surface area contributed by atoms with Gasteiger partial charge in [0.2, 0.25) is 5.78 Å². The first kappa shape index (κ1) is 22.0. The number of carbonyl (C=O) groups is 1. The molecule has 2 aromatic heterocycles. The number of rotatable bonds is 5. The number of anilines is 1. The molecule has 0 radical (unpaired) electrons. The van der Waals surface area contributed by atoms with Crippen LogP contribution in [-0.2, 0) is 10.0 Å². The van der Waals surface area contributed by atoms with Crippen molar-refractivity contribution in [3.05, 3.63) is 81.5 Å². The molecule has 2 N–H and O–H groups in total. The number of nitrogens with zero attached hydrogens (tertiary/aromatic N) is 1. The van der Waals surface area contributed by atoms with Gasteiger partial charge in [-0.05, 0) is 30.4 Å². The zero-order valence-electron chi connectivity index (χ0n) is 15.8. The molecule has 0 amide bonds. The van der Waals surface area contributed by atoms with Gasteiger partial charge >= 0.3 is 0 Å². The second-order valence-electron chi connectivity index (χ2n) is 6.90. The summed E-state index contributed by atoms with van der Waals surface area (Å²) in [4.78, 5) is 18.9. The minimum Gasteiger partial charge on any atom is -0.345 e. The zero-order chi connectivity index (χ0) is 23.3. The quantitative estimate of drug-likeness (QED) is 0.395. The summed E-state index contributed by atoms with van der Waals surface area (Å²) in [6.07, 6.45) is 3.71. The van der Waals surface area contributed by atoms with Gasteiger partial charge in [-0.3, -0.25) is 9.52 Å². The van der Waals surface area contributed by atoms with Gasteiger partial charge < -0.3 is 4.98 Å². The van der Waals surface area contributed by atoms with Crippen molar-refractivity contribution in [1.29, 1.82) is 0 Å². The molecule has 2 heterocycles. The summed E-state index contributed by atoms with van der Waals surface area (Å²) in [6, 6.07) is 2.82. The molecule has 1 aromatic carbocycles. The van der Waals surface area contributed by atoms with E-state index < -0.39 is 55.9 Å². The van der Waals surface area contributed by atoms with Crippen molar-refractivity contribution in [2.45, 2.75) is 12.3 Å². The summed E-state index contributed by atoms with van der Waals surface area (Å²) in [5, 5.41) is 0.383. The molecule has 1 aliphatic carbocycles. The summed E-state index contributed by atoms with van der Waals surface area (Å²) in [6.45, 7) is 0. The molecule has 32 heavy (non-hydrogen) atoms. The molecule has 0 aliphatic heterocycles. The van der Waals surface area contributed by atoms with Crippen LogP contribution in [0.5, 0.6) is 0 Å². The molecular formula is C20H12ClF4N3O3S. The van der Waals surface area contributed by atoms with Crippen LogP contribution < -0.4 is 4.72 Å². The van der Waals surface area contributed by atoms with E-state index in [0.29, 0.717) is 12.1 Å². The Kier molecular flexibility index (Phi) is 5.33. The molecular weight excluding hydrogens is 474 g/mol. The number of H-pyrrole nitrogens is 1. The lowest BCUT2D eigenvalue weighted by molar-refractivity contribution is 0.0562. The number of hydrogen-bond acceptors (Lipinski definition) is 4. The molecule has 0 saturated heterocycles. The summed E-state index contributed by atoms with van der Waals surface area (Å²) in [5.41, 5.74) is -1.71. The van der Waals surface area contributed by atoms with Gasteiger partial charge in [0.1, 0.15) is 11.5 Å². The van der Waals surface area contributed by atoms with Crippen molar-refractivity contribution in [1.82, 2.24) is 9.97 Å². The summed E-state index contributed by atoms with van der Waals surface area (Å²) >= 11 is 5.88. The fourth-order valence-corrected chi connectivity index (χ4v) is 4.56. The molecule has 0 spiro atoms. The molecule has 0 saturated carbocycles. The van der Waals surface area contributed by atoms with E-state index in [1.807, 2.05) is 4.72 Å². The first-order valence-electron chi connectivity index (χ1n) is 8.93. The molecule has 166 valence electrons. The number of aromatic amines is 1. The van der Waals surface area contributed by atoms with E-state index in [4.69, 9.17) is 11.6 Å². The van der Waals surface area contributed by atoms with Crippen molar-refractivity contribution in [2.24, 2.45) is 0 Å². The molecule has 0 fully saturated rings. The number of allylic oxidation sites excluding steroid dienone is 4. The number of alkyl halides is 2. The van der Waals surface area contributed by atoms with Crippen molar-refractivity contribution in [3.63, 3.8) is 0 Å². The van der Waals surface area contributed by atoms with E-state index in [-0.39, 0.29) is 21.6 Å². The molecule has 6 nitrogen and oxygen atoms in total. The highest BCUT2D eigenvalue weighted by Gasteiger charge is 2.35. The normalized spacial score (nSPS) is 15.6. The second-order valence-corrected chi connectivity index (χ2v) is 9.07. The minimum absolute atomic E-state index is 0.146. The number of halogens is 5. The number of carbonyl (C=O) groups excluding carboxylic acids is 1. The van der Waals surface area contributed by atoms with E-state index in [0.717, 1.165) is 18.2 Å². The van der Waals surface area contributed by atoms with E-state index in [2.05, 4.69) is 9.97 Å². The predicted octanol–water partition coefficient (Wildman–Crippen LogP) is 4.95. The van der Waals surface area contributed by atoms with Crippen LogP contribution >= 0.6 is 11.6 Å². The summed E-state index contributed by atoms with van der Waals surface area (Å²) < 4.78 is 83.4. The van der Waals surface area contributed by atoms with Crippen LogP contribution in [0.4, 0.5) is 23.2 Å². The van der Waals surface area contributed by atoms with E-state index in [1.54, 1.807) is 0 Å². The fourth-order valence-electron chi connectivity index (χ4n) is 3.18. The van der Waals surface area contributed by atoms with Gasteiger partial charge in [0.25, 0.3) is 15.9 Å². The number of sulfonamides is 1. The number of fused-ring (bicyclic) bond motifs is 1. The Morgan fingerprint density at radius 1 is 1.25 bits per heavy atom. The average Bonchev–Trinajstić information content (AvgIpc) is 3.12. The van der Waals surface area contributed by atoms with Crippen molar-refractivity contribution < 1.29 is 30.8 Å². The highest BCUT2D eigenvalue weighted by molar-refractivity contribution is 7.96. The highest BCUT2D eigenvalue weighted by atomic mass is 35.5. The SMILES string of the molecule is O=C(c1c(F)ccc(NS(=O)(=O)C2=CC=CC(F)(F)C2)c1F)c1c[nH]c2ncc(Cl)cc12. The van der Waals surface area contributed by atoms with Crippen molar-refractivity contribution in [2.75, 3.05) is 4.72 Å². The first-order valence-corrected chi connectivity index (χ1v) is 10.8. The molecule has 3 aromatic rings. The Balaban J connectivity index is 1.73. The van der Waals surface area contributed by atoms with Crippen LogP contribution in [0.15, 0.2) is 53.7 Å². The monoisotopic (exact) mass is 485 g/mol. The molecule has 4 rings (SSSR count). The van der Waals surface area contributed by atoms with Crippen LogP contribution in [0.2, 0.25) is 5.02 Å². The largest absolute Gasteiger partial charge is 0.345 e. The van der Waals surface area contributed by atoms with Gasteiger partial charge in [-0.2, -0.15) is 0 Å². The Bertz CT molecular complexity index is 1430. The van der Waals surface area contributed by atoms with Gasteiger partial charge in [-0.1, -0.05) is 17.7 Å².